The quantitative estimate of drug-likeness (QED) is 0.825. The predicted octanol–water partition coefficient (Wildman–Crippen LogP) is 3.40. The summed E-state index contributed by atoms with van der Waals surface area (Å²) in [5.41, 5.74) is 1.57. The molecule has 0 unspecified atom stereocenters. The van der Waals surface area contributed by atoms with Crippen LogP contribution in [-0.2, 0) is 0 Å². The van der Waals surface area contributed by atoms with E-state index in [0.29, 0.717) is 23.4 Å². The highest BCUT2D eigenvalue weighted by molar-refractivity contribution is 6.08. The molecule has 1 fully saturated rings. The van der Waals surface area contributed by atoms with Crippen molar-refractivity contribution in [2.75, 3.05) is 31.5 Å². The molecular formula is C22H27N3O2. The number of carbonyl (C=O) groups is 2. The number of nitrogens with zero attached hydrogens (tertiary/aromatic N) is 1. The smallest absolute Gasteiger partial charge is 0.255 e. The molecule has 0 spiro atoms. The number of nitrogens with one attached hydrogen (secondary N) is 2. The first-order valence-corrected chi connectivity index (χ1v) is 9.59. The van der Waals surface area contributed by atoms with Crippen LogP contribution >= 0.6 is 0 Å². The largest absolute Gasteiger partial charge is 0.351 e. The Hall–Kier alpha value is -2.66. The summed E-state index contributed by atoms with van der Waals surface area (Å²) in [5, 5.41) is 5.83. The third-order valence-corrected chi connectivity index (χ3v) is 4.91. The van der Waals surface area contributed by atoms with E-state index in [4.69, 9.17) is 0 Å². The highest BCUT2D eigenvalue weighted by Crippen LogP contribution is 2.17. The molecule has 1 saturated heterocycles. The molecule has 1 aliphatic heterocycles. The maximum absolute atomic E-state index is 12.6. The van der Waals surface area contributed by atoms with Crippen molar-refractivity contribution in [3.63, 3.8) is 0 Å². The normalized spacial score (nSPS) is 17.3. The number of hydrogen-bond donors (Lipinski definition) is 2. The van der Waals surface area contributed by atoms with Crippen LogP contribution in [-0.4, -0.2) is 42.9 Å². The van der Waals surface area contributed by atoms with Crippen molar-refractivity contribution in [3.05, 3.63) is 65.7 Å². The summed E-state index contributed by atoms with van der Waals surface area (Å²) in [6.45, 7) is 5.93. The Labute approximate surface area is 160 Å². The summed E-state index contributed by atoms with van der Waals surface area (Å²) >= 11 is 0. The van der Waals surface area contributed by atoms with Crippen molar-refractivity contribution in [1.82, 2.24) is 10.2 Å². The molecule has 0 saturated carbocycles. The van der Waals surface area contributed by atoms with E-state index < -0.39 is 0 Å². The van der Waals surface area contributed by atoms with E-state index in [1.807, 2.05) is 24.3 Å². The Bertz CT molecular complexity index is 776. The van der Waals surface area contributed by atoms with Gasteiger partial charge in [0.2, 0.25) is 0 Å². The molecule has 2 amide bonds. The lowest BCUT2D eigenvalue weighted by Crippen LogP contribution is -2.40. The van der Waals surface area contributed by atoms with Crippen LogP contribution in [0.5, 0.6) is 0 Å². The van der Waals surface area contributed by atoms with Crippen LogP contribution in [0.3, 0.4) is 0 Å². The van der Waals surface area contributed by atoms with Crippen molar-refractivity contribution < 1.29 is 9.59 Å². The van der Waals surface area contributed by atoms with E-state index in [1.165, 1.54) is 12.8 Å². The van der Waals surface area contributed by atoms with Crippen molar-refractivity contribution in [3.8, 4) is 0 Å². The molecule has 0 radical (unpaired) electrons. The van der Waals surface area contributed by atoms with Gasteiger partial charge >= 0.3 is 0 Å². The van der Waals surface area contributed by atoms with Crippen LogP contribution < -0.4 is 10.6 Å². The summed E-state index contributed by atoms with van der Waals surface area (Å²) in [7, 11) is 0. The first-order valence-electron chi connectivity index (χ1n) is 9.59. The Morgan fingerprint density at radius 1 is 1.04 bits per heavy atom. The Morgan fingerprint density at radius 2 is 1.78 bits per heavy atom. The molecule has 27 heavy (non-hydrogen) atoms. The van der Waals surface area contributed by atoms with E-state index >= 15 is 0 Å². The minimum atomic E-state index is -0.224. The van der Waals surface area contributed by atoms with Crippen LogP contribution in [0, 0.1) is 5.92 Å². The molecule has 3 rings (SSSR count). The van der Waals surface area contributed by atoms with Gasteiger partial charge in [0.25, 0.3) is 11.8 Å². The van der Waals surface area contributed by atoms with Crippen LogP contribution in [0.2, 0.25) is 0 Å². The van der Waals surface area contributed by atoms with E-state index in [-0.39, 0.29) is 11.8 Å². The molecule has 2 aromatic carbocycles. The number of likely N-dealkylation sites (tertiary alicyclic amines) is 1. The van der Waals surface area contributed by atoms with Gasteiger partial charge < -0.3 is 15.5 Å². The van der Waals surface area contributed by atoms with Gasteiger partial charge in [0, 0.05) is 25.2 Å². The summed E-state index contributed by atoms with van der Waals surface area (Å²) in [6, 6.07) is 16.1. The second-order valence-corrected chi connectivity index (χ2v) is 7.17. The van der Waals surface area contributed by atoms with Gasteiger partial charge in [0.1, 0.15) is 0 Å². The number of benzene rings is 2. The molecule has 2 N–H and O–H groups in total. The minimum Gasteiger partial charge on any atom is -0.351 e. The molecule has 2 aromatic rings. The van der Waals surface area contributed by atoms with Crippen LogP contribution in [0.4, 0.5) is 5.69 Å². The highest BCUT2D eigenvalue weighted by Gasteiger charge is 2.17. The van der Waals surface area contributed by atoms with Crippen molar-refractivity contribution in [1.29, 1.82) is 0 Å². The lowest BCUT2D eigenvalue weighted by Gasteiger charge is -2.30. The van der Waals surface area contributed by atoms with Gasteiger partial charge in [-0.05, 0) is 49.6 Å². The molecule has 1 aliphatic rings. The third-order valence-electron chi connectivity index (χ3n) is 4.91. The fourth-order valence-electron chi connectivity index (χ4n) is 3.49. The Morgan fingerprint density at radius 3 is 2.56 bits per heavy atom. The number of anilines is 1. The fourth-order valence-corrected chi connectivity index (χ4v) is 3.49. The highest BCUT2D eigenvalue weighted by atomic mass is 16.2. The van der Waals surface area contributed by atoms with Crippen LogP contribution in [0.15, 0.2) is 54.6 Å². The average molecular weight is 365 g/mol. The fraction of sp³-hybridized carbons (Fsp3) is 0.364. The van der Waals surface area contributed by atoms with Gasteiger partial charge in [0.15, 0.2) is 0 Å². The summed E-state index contributed by atoms with van der Waals surface area (Å²) in [5.74, 6) is 0.338. The maximum Gasteiger partial charge on any atom is 0.255 e. The van der Waals surface area contributed by atoms with Gasteiger partial charge in [-0.25, -0.2) is 0 Å². The number of carbonyl (C=O) groups excluding carboxylic acids is 2. The standard InChI is InChI=1S/C22H27N3O2/c1-17-8-7-14-25(16-17)15-13-23-22(27)19-11-5-6-12-20(19)24-21(26)18-9-3-2-4-10-18/h2-6,9-12,17H,7-8,13-16H2,1H3,(H,23,27)(H,24,26)/t17-/m1/s1. The van der Waals surface area contributed by atoms with Gasteiger partial charge in [-0.3, -0.25) is 9.59 Å². The lowest BCUT2D eigenvalue weighted by atomic mass is 10.0. The van der Waals surface area contributed by atoms with E-state index in [1.54, 1.807) is 30.3 Å². The summed E-state index contributed by atoms with van der Waals surface area (Å²) in [6.07, 6.45) is 2.51. The lowest BCUT2D eigenvalue weighted by molar-refractivity contribution is 0.0944. The van der Waals surface area contributed by atoms with Crippen molar-refractivity contribution in [2.45, 2.75) is 19.8 Å². The molecule has 5 heteroatoms. The molecule has 1 heterocycles. The van der Waals surface area contributed by atoms with E-state index in [9.17, 15) is 9.59 Å². The minimum absolute atomic E-state index is 0.163. The molecule has 1 atom stereocenters. The number of hydrogen-bond acceptors (Lipinski definition) is 3. The average Bonchev–Trinajstić information content (AvgIpc) is 2.69. The van der Waals surface area contributed by atoms with Gasteiger partial charge in [0.05, 0.1) is 11.3 Å². The summed E-state index contributed by atoms with van der Waals surface area (Å²) < 4.78 is 0. The van der Waals surface area contributed by atoms with E-state index in [2.05, 4.69) is 22.5 Å². The number of piperidine rings is 1. The summed E-state index contributed by atoms with van der Waals surface area (Å²) in [4.78, 5) is 27.4. The second kappa shape index (κ2) is 9.33. The number of rotatable bonds is 6. The Balaban J connectivity index is 1.57. The maximum atomic E-state index is 12.6. The molecule has 0 aliphatic carbocycles. The van der Waals surface area contributed by atoms with Crippen molar-refractivity contribution in [2.24, 2.45) is 5.92 Å². The molecule has 142 valence electrons. The third kappa shape index (κ3) is 5.41. The topological polar surface area (TPSA) is 61.4 Å². The Kier molecular flexibility index (Phi) is 6.60. The number of para-hydroxylation sites is 1. The molecule has 0 bridgehead atoms. The van der Waals surface area contributed by atoms with Crippen LogP contribution in [0.1, 0.15) is 40.5 Å². The first-order chi connectivity index (χ1) is 13.1. The van der Waals surface area contributed by atoms with E-state index in [0.717, 1.165) is 25.6 Å². The van der Waals surface area contributed by atoms with Gasteiger partial charge in [-0.1, -0.05) is 37.3 Å². The first kappa shape index (κ1) is 19.1. The zero-order valence-corrected chi connectivity index (χ0v) is 15.8. The predicted molar refractivity (Wildman–Crippen MR) is 108 cm³/mol. The van der Waals surface area contributed by atoms with Gasteiger partial charge in [-0.2, -0.15) is 0 Å². The molecule has 0 aromatic heterocycles. The second-order valence-electron chi connectivity index (χ2n) is 7.17. The molecular weight excluding hydrogens is 338 g/mol. The number of amides is 2. The monoisotopic (exact) mass is 365 g/mol. The zero-order chi connectivity index (χ0) is 19.1. The molecule has 5 nitrogen and oxygen atoms in total. The van der Waals surface area contributed by atoms with Gasteiger partial charge in [-0.15, -0.1) is 0 Å². The zero-order valence-electron chi connectivity index (χ0n) is 15.8. The van der Waals surface area contributed by atoms with Crippen molar-refractivity contribution >= 4 is 17.5 Å². The SMILES string of the molecule is C[C@@H]1CCCN(CCNC(=O)c2ccccc2NC(=O)c2ccccc2)C1. The van der Waals surface area contributed by atoms with Crippen LogP contribution in [0.25, 0.3) is 0 Å².